The lowest BCUT2D eigenvalue weighted by Crippen LogP contribution is -2.28. The predicted molar refractivity (Wildman–Crippen MR) is 190 cm³/mol. The number of aliphatic imine (C=N–C) groups is 1. The van der Waals surface area contributed by atoms with Gasteiger partial charge < -0.3 is 16.4 Å². The number of nitrogens with two attached hydrogens (primary N) is 2. The first-order valence-corrected chi connectivity index (χ1v) is 18.7. The first-order valence-electron chi connectivity index (χ1n) is 18.7. The zero-order chi connectivity index (χ0) is 31.8. The van der Waals surface area contributed by atoms with E-state index in [1.165, 1.54) is 154 Å². The fourth-order valence-electron chi connectivity index (χ4n) is 6.01. The monoisotopic (exact) mass is 615 g/mol. The molecule has 0 bridgehead atoms. The van der Waals surface area contributed by atoms with Gasteiger partial charge in [-0.25, -0.2) is 0 Å². The Hall–Kier alpha value is -2.11. The van der Waals surface area contributed by atoms with Crippen molar-refractivity contribution in [2.45, 2.75) is 180 Å². The summed E-state index contributed by atoms with van der Waals surface area (Å²) in [5.74, 6) is 1.05. The van der Waals surface area contributed by atoms with E-state index in [2.05, 4.69) is 29.2 Å². The van der Waals surface area contributed by atoms with Crippen molar-refractivity contribution in [2.24, 2.45) is 16.5 Å². The highest BCUT2D eigenvalue weighted by atomic mass is 16.1. The largest absolute Gasteiger partial charge is 0.370 e. The van der Waals surface area contributed by atoms with Crippen LogP contribution in [0.5, 0.6) is 0 Å². The highest BCUT2D eigenvalue weighted by molar-refractivity contribution is 5.83. The molecule has 0 aromatic rings. The van der Waals surface area contributed by atoms with Crippen molar-refractivity contribution in [3.8, 4) is 0 Å². The molecule has 4 N–H and O–H groups in total. The lowest BCUT2D eigenvalue weighted by molar-refractivity contribution is -0.119. The van der Waals surface area contributed by atoms with Gasteiger partial charge in [0.2, 0.25) is 11.8 Å². The van der Waals surface area contributed by atoms with E-state index in [4.69, 9.17) is 16.5 Å². The van der Waals surface area contributed by atoms with Crippen molar-refractivity contribution in [1.29, 1.82) is 0 Å². The third-order valence-corrected chi connectivity index (χ3v) is 8.77. The van der Waals surface area contributed by atoms with Gasteiger partial charge in [0.05, 0.1) is 12.4 Å². The fourth-order valence-corrected chi connectivity index (χ4v) is 6.01. The van der Waals surface area contributed by atoms with Crippen molar-refractivity contribution < 1.29 is 9.59 Å². The summed E-state index contributed by atoms with van der Waals surface area (Å²) in [5, 5.41) is 0. The third-order valence-electron chi connectivity index (χ3n) is 8.77. The van der Waals surface area contributed by atoms with Crippen LogP contribution in [0.3, 0.4) is 0 Å². The number of hydrogen-bond donors (Lipinski definition) is 2. The number of rotatable bonds is 33. The van der Waals surface area contributed by atoms with Gasteiger partial charge in [-0.1, -0.05) is 108 Å². The molecule has 0 unspecified atom stereocenters. The average molecular weight is 615 g/mol. The minimum Gasteiger partial charge on any atom is -0.370 e. The molecule has 0 radical (unpaired) electrons. The minimum atomic E-state index is -0.170. The molecule has 44 heavy (non-hydrogen) atoms. The maximum Gasteiger partial charge on any atom is 0.217 e. The second kappa shape index (κ2) is 30.9. The van der Waals surface area contributed by atoms with Gasteiger partial charge in [-0.15, -0.1) is 0 Å². The van der Waals surface area contributed by atoms with Crippen molar-refractivity contribution in [3.63, 3.8) is 0 Å². The normalized spacial score (nSPS) is 13.5. The van der Waals surface area contributed by atoms with Crippen LogP contribution in [0.15, 0.2) is 29.3 Å². The smallest absolute Gasteiger partial charge is 0.217 e. The molecule has 6 nitrogen and oxygen atoms in total. The van der Waals surface area contributed by atoms with Crippen LogP contribution in [0.1, 0.15) is 180 Å². The summed E-state index contributed by atoms with van der Waals surface area (Å²) in [7, 11) is 0. The predicted octanol–water partition coefficient (Wildman–Crippen LogP) is 9.71. The van der Waals surface area contributed by atoms with Crippen molar-refractivity contribution in [2.75, 3.05) is 19.6 Å². The quantitative estimate of drug-likeness (QED) is 0.0568. The topological polar surface area (TPSA) is 102 Å². The van der Waals surface area contributed by atoms with Gasteiger partial charge in [0.1, 0.15) is 0 Å². The number of nitrogens with zero attached hydrogens (tertiary/aromatic N) is 2. The number of carbonyl (C=O) groups is 2. The number of hydrogen-bond acceptors (Lipinski definition) is 4. The van der Waals surface area contributed by atoms with Gasteiger partial charge in [-0.3, -0.25) is 14.6 Å². The van der Waals surface area contributed by atoms with E-state index in [-0.39, 0.29) is 11.8 Å². The maximum atomic E-state index is 10.7. The van der Waals surface area contributed by atoms with Crippen LogP contribution in [-0.4, -0.2) is 42.2 Å². The summed E-state index contributed by atoms with van der Waals surface area (Å²) in [6.07, 6.45) is 42.9. The number of primary amides is 2. The van der Waals surface area contributed by atoms with Gasteiger partial charge >= 0.3 is 0 Å². The second-order valence-electron chi connectivity index (χ2n) is 13.0. The molecule has 0 spiro atoms. The standard InChI is InChI=1S/C38H70N4O2/c39-36(43)30-26-22-18-14-10-6-2-1-5-9-13-17-21-25-29-34-42-35-33-41-38(42)32-28-24-20-16-12-8-4-3-7-11-15-19-23-27-31-37(40)44/h1-4H,5-35H2,(H2,39,43)(H2,40,44). The van der Waals surface area contributed by atoms with Gasteiger partial charge in [0.15, 0.2) is 0 Å². The SMILES string of the molecule is NC(=O)CCCCCCCC=CCCCCCCCCN1CCN=C1CCCCCCCC=CCCCCCCCC(N)=O. The molecular weight excluding hydrogens is 544 g/mol. The van der Waals surface area contributed by atoms with Crippen molar-refractivity contribution >= 4 is 17.6 Å². The first-order chi connectivity index (χ1) is 21.6. The molecule has 0 fully saturated rings. The van der Waals surface area contributed by atoms with E-state index < -0.39 is 0 Å². The van der Waals surface area contributed by atoms with Crippen LogP contribution in [0.2, 0.25) is 0 Å². The second-order valence-corrected chi connectivity index (χ2v) is 13.0. The molecule has 6 heteroatoms. The Balaban J connectivity index is 1.84. The summed E-state index contributed by atoms with van der Waals surface area (Å²) in [6.45, 7) is 3.34. The van der Waals surface area contributed by atoms with Gasteiger partial charge in [0, 0.05) is 32.4 Å². The lowest BCUT2D eigenvalue weighted by atomic mass is 10.1. The molecule has 0 atom stereocenters. The van der Waals surface area contributed by atoms with E-state index in [0.29, 0.717) is 12.8 Å². The number of amides is 2. The van der Waals surface area contributed by atoms with E-state index in [1.54, 1.807) is 0 Å². The van der Waals surface area contributed by atoms with Gasteiger partial charge in [-0.2, -0.15) is 0 Å². The summed E-state index contributed by atoms with van der Waals surface area (Å²) in [6, 6.07) is 0. The number of carbonyl (C=O) groups excluding carboxylic acids is 2. The van der Waals surface area contributed by atoms with E-state index in [1.807, 2.05) is 0 Å². The third kappa shape index (κ3) is 27.4. The van der Waals surface area contributed by atoms with Crippen LogP contribution >= 0.6 is 0 Å². The summed E-state index contributed by atoms with van der Waals surface area (Å²) in [5.41, 5.74) is 10.3. The van der Waals surface area contributed by atoms with Crippen LogP contribution in [0, 0.1) is 0 Å². The molecular formula is C38H70N4O2. The number of allylic oxidation sites excluding steroid dienone is 4. The molecule has 1 aliphatic rings. The molecule has 0 aliphatic carbocycles. The van der Waals surface area contributed by atoms with Crippen molar-refractivity contribution in [1.82, 2.24) is 4.90 Å². The minimum absolute atomic E-state index is 0.169. The molecule has 0 saturated carbocycles. The van der Waals surface area contributed by atoms with Crippen LogP contribution in [0.4, 0.5) is 0 Å². The maximum absolute atomic E-state index is 10.7. The van der Waals surface area contributed by atoms with E-state index >= 15 is 0 Å². The van der Waals surface area contributed by atoms with Crippen LogP contribution < -0.4 is 11.5 Å². The summed E-state index contributed by atoms with van der Waals surface area (Å²) >= 11 is 0. The van der Waals surface area contributed by atoms with Crippen LogP contribution in [0.25, 0.3) is 0 Å². The van der Waals surface area contributed by atoms with Gasteiger partial charge in [0.25, 0.3) is 0 Å². The molecule has 0 aromatic carbocycles. The highest BCUT2D eigenvalue weighted by Gasteiger charge is 2.15. The molecule has 0 aromatic heterocycles. The first kappa shape index (κ1) is 39.9. The Bertz CT molecular complexity index is 777. The molecule has 0 saturated heterocycles. The number of amidine groups is 1. The van der Waals surface area contributed by atoms with Crippen molar-refractivity contribution in [3.05, 3.63) is 24.3 Å². The molecule has 2 amide bonds. The summed E-state index contributed by atoms with van der Waals surface area (Å²) in [4.78, 5) is 28.8. The van der Waals surface area contributed by atoms with Crippen LogP contribution in [-0.2, 0) is 9.59 Å². The Morgan fingerprint density at radius 2 is 0.886 bits per heavy atom. The molecule has 1 rings (SSSR count). The number of unbranched alkanes of at least 4 members (excludes halogenated alkanes) is 21. The highest BCUT2D eigenvalue weighted by Crippen LogP contribution is 2.15. The van der Waals surface area contributed by atoms with E-state index in [9.17, 15) is 9.59 Å². The lowest BCUT2D eigenvalue weighted by Gasteiger charge is -2.20. The molecule has 1 aliphatic heterocycles. The molecule has 254 valence electrons. The molecule has 1 heterocycles. The fraction of sp³-hybridized carbons (Fsp3) is 0.816. The Morgan fingerprint density at radius 1 is 0.523 bits per heavy atom. The zero-order valence-corrected chi connectivity index (χ0v) is 28.6. The summed E-state index contributed by atoms with van der Waals surface area (Å²) < 4.78 is 0. The Labute approximate surface area is 272 Å². The van der Waals surface area contributed by atoms with E-state index in [0.717, 1.165) is 38.8 Å². The van der Waals surface area contributed by atoms with Gasteiger partial charge in [-0.05, 0) is 77.0 Å². The average Bonchev–Trinajstić information content (AvgIpc) is 3.45. The Morgan fingerprint density at radius 3 is 1.32 bits per heavy atom. The zero-order valence-electron chi connectivity index (χ0n) is 28.6. The Kier molecular flexibility index (Phi) is 28.0.